The molecule has 4 rings (SSSR count). The highest BCUT2D eigenvalue weighted by atomic mass is 19.1. The van der Waals surface area contributed by atoms with Gasteiger partial charge in [0.1, 0.15) is 11.6 Å². The van der Waals surface area contributed by atoms with Crippen LogP contribution in [0.25, 0.3) is 16.8 Å². The van der Waals surface area contributed by atoms with Gasteiger partial charge >= 0.3 is 0 Å². The Morgan fingerprint density at radius 2 is 1.69 bits per heavy atom. The molecule has 178 valence electrons. The van der Waals surface area contributed by atoms with E-state index in [0.29, 0.717) is 28.1 Å². The molecule has 0 aliphatic heterocycles. The molecule has 0 aliphatic rings. The molecule has 8 heteroatoms. The molecule has 6 nitrogen and oxygen atoms in total. The number of para-hydroxylation sites is 1. The third-order valence-corrected chi connectivity index (χ3v) is 5.59. The van der Waals surface area contributed by atoms with E-state index in [1.54, 1.807) is 62.4 Å². The molecule has 0 bridgehead atoms. The Morgan fingerprint density at radius 1 is 1.00 bits per heavy atom. The Bertz CT molecular complexity index is 1430. The van der Waals surface area contributed by atoms with E-state index < -0.39 is 35.6 Å². The molecule has 0 radical (unpaired) electrons. The summed E-state index contributed by atoms with van der Waals surface area (Å²) in [7, 11) is 0. The first-order valence-electron chi connectivity index (χ1n) is 11.0. The molecular formula is C27H23F2N3O3. The minimum absolute atomic E-state index is 0.295. The second kappa shape index (κ2) is 9.99. The quantitative estimate of drug-likeness (QED) is 0.431. The van der Waals surface area contributed by atoms with Crippen molar-refractivity contribution < 1.29 is 18.7 Å². The lowest BCUT2D eigenvalue weighted by Crippen LogP contribution is -2.32. The fraction of sp³-hybridized carbons (Fsp3) is 0.148. The second-order valence-corrected chi connectivity index (χ2v) is 8.15. The number of aliphatic hydroxyl groups excluding tert-OH is 1. The highest BCUT2D eigenvalue weighted by Gasteiger charge is 2.18. The molecule has 0 saturated heterocycles. The van der Waals surface area contributed by atoms with Crippen LogP contribution >= 0.6 is 0 Å². The average molecular weight is 475 g/mol. The summed E-state index contributed by atoms with van der Waals surface area (Å²) in [6, 6.07) is 19.3. The van der Waals surface area contributed by atoms with Gasteiger partial charge in [-0.2, -0.15) is 5.10 Å². The van der Waals surface area contributed by atoms with Crippen LogP contribution in [0.1, 0.15) is 40.3 Å². The number of carbonyl (C=O) groups excluding carboxylic acids is 1. The van der Waals surface area contributed by atoms with Crippen LogP contribution < -0.4 is 10.7 Å². The number of hydrogen-bond acceptors (Lipinski definition) is 4. The zero-order valence-electron chi connectivity index (χ0n) is 19.1. The second-order valence-electron chi connectivity index (χ2n) is 8.15. The van der Waals surface area contributed by atoms with E-state index in [0.717, 1.165) is 12.1 Å². The van der Waals surface area contributed by atoms with Gasteiger partial charge in [0.2, 0.25) is 5.43 Å². The first kappa shape index (κ1) is 24.0. The molecule has 1 aromatic heterocycles. The van der Waals surface area contributed by atoms with Crippen molar-refractivity contribution >= 4 is 5.91 Å². The van der Waals surface area contributed by atoms with Gasteiger partial charge < -0.3 is 10.4 Å². The number of carbonyl (C=O) groups is 1. The van der Waals surface area contributed by atoms with E-state index >= 15 is 0 Å². The van der Waals surface area contributed by atoms with Gasteiger partial charge in [0, 0.05) is 23.9 Å². The number of amides is 1. The summed E-state index contributed by atoms with van der Waals surface area (Å²) in [6.45, 7) is 2.82. The lowest BCUT2D eigenvalue weighted by atomic mass is 9.99. The predicted molar refractivity (Wildman–Crippen MR) is 128 cm³/mol. The zero-order valence-corrected chi connectivity index (χ0v) is 19.1. The summed E-state index contributed by atoms with van der Waals surface area (Å²) in [4.78, 5) is 25.1. The highest BCUT2D eigenvalue weighted by Crippen LogP contribution is 2.27. The molecule has 0 fully saturated rings. The van der Waals surface area contributed by atoms with Crippen molar-refractivity contribution in [2.45, 2.75) is 26.5 Å². The maximum atomic E-state index is 14.8. The number of halogens is 2. The van der Waals surface area contributed by atoms with Crippen LogP contribution in [0.3, 0.4) is 0 Å². The molecule has 1 atom stereocenters. The molecule has 35 heavy (non-hydrogen) atoms. The van der Waals surface area contributed by atoms with Gasteiger partial charge in [-0.3, -0.25) is 9.59 Å². The Kier molecular flexibility index (Phi) is 6.84. The minimum Gasteiger partial charge on any atom is -0.389 e. The number of hydrogen-bond donors (Lipinski definition) is 2. The van der Waals surface area contributed by atoms with Gasteiger partial charge in [0.25, 0.3) is 5.91 Å². The largest absolute Gasteiger partial charge is 0.389 e. The van der Waals surface area contributed by atoms with Gasteiger partial charge in [-0.05, 0) is 60.9 Å². The first-order chi connectivity index (χ1) is 16.7. The van der Waals surface area contributed by atoms with Gasteiger partial charge in [0.15, 0.2) is 5.69 Å². The Labute approximate surface area is 200 Å². The van der Waals surface area contributed by atoms with Crippen molar-refractivity contribution in [2.24, 2.45) is 0 Å². The average Bonchev–Trinajstić information content (AvgIpc) is 2.84. The van der Waals surface area contributed by atoms with E-state index in [1.807, 2.05) is 6.07 Å². The summed E-state index contributed by atoms with van der Waals surface area (Å²) in [5.74, 6) is -2.53. The number of benzene rings is 3. The fourth-order valence-corrected chi connectivity index (χ4v) is 3.70. The van der Waals surface area contributed by atoms with Crippen LogP contribution in [0, 0.1) is 18.6 Å². The van der Waals surface area contributed by atoms with E-state index in [2.05, 4.69) is 10.4 Å². The topological polar surface area (TPSA) is 84.2 Å². The Hall–Kier alpha value is -4.17. The zero-order chi connectivity index (χ0) is 25.1. The van der Waals surface area contributed by atoms with Crippen molar-refractivity contribution in [1.29, 1.82) is 0 Å². The third-order valence-electron chi connectivity index (χ3n) is 5.59. The molecular weight excluding hydrogens is 452 g/mol. The number of aliphatic hydroxyl groups is 1. The summed E-state index contributed by atoms with van der Waals surface area (Å²) >= 11 is 0. The predicted octanol–water partition coefficient (Wildman–Crippen LogP) is 4.47. The van der Waals surface area contributed by atoms with Crippen LogP contribution in [0.5, 0.6) is 0 Å². The highest BCUT2D eigenvalue weighted by molar-refractivity contribution is 5.92. The van der Waals surface area contributed by atoms with Gasteiger partial charge in [-0.25, -0.2) is 13.5 Å². The van der Waals surface area contributed by atoms with Crippen LogP contribution in [-0.4, -0.2) is 20.8 Å². The van der Waals surface area contributed by atoms with Crippen LogP contribution in [0.2, 0.25) is 0 Å². The molecule has 0 spiro atoms. The maximum absolute atomic E-state index is 14.8. The first-order valence-corrected chi connectivity index (χ1v) is 11.0. The summed E-state index contributed by atoms with van der Waals surface area (Å²) in [6.07, 6.45) is -0.721. The third kappa shape index (κ3) is 5.17. The van der Waals surface area contributed by atoms with E-state index in [4.69, 9.17) is 0 Å². The van der Waals surface area contributed by atoms with Gasteiger partial charge in [-0.1, -0.05) is 36.4 Å². The molecule has 1 amide bonds. The Balaban J connectivity index is 1.57. The summed E-state index contributed by atoms with van der Waals surface area (Å²) < 4.78 is 31.1. The lowest BCUT2D eigenvalue weighted by molar-refractivity contribution is 0.0942. The van der Waals surface area contributed by atoms with Crippen molar-refractivity contribution in [3.05, 3.63) is 117 Å². The van der Waals surface area contributed by atoms with Gasteiger partial charge in [-0.15, -0.1) is 0 Å². The monoisotopic (exact) mass is 475 g/mol. The van der Waals surface area contributed by atoms with Crippen LogP contribution in [0.15, 0.2) is 77.6 Å². The summed E-state index contributed by atoms with van der Waals surface area (Å²) in [5, 5.41) is 16.3. The van der Waals surface area contributed by atoms with E-state index in [1.165, 1.54) is 10.7 Å². The molecule has 2 N–H and O–H groups in total. The van der Waals surface area contributed by atoms with Gasteiger partial charge in [0.05, 0.1) is 11.8 Å². The van der Waals surface area contributed by atoms with Crippen molar-refractivity contribution in [1.82, 2.24) is 15.1 Å². The number of rotatable bonds is 6. The molecule has 0 saturated carbocycles. The van der Waals surface area contributed by atoms with Crippen molar-refractivity contribution in [2.75, 3.05) is 0 Å². The van der Waals surface area contributed by atoms with Crippen molar-refractivity contribution in [3.63, 3.8) is 0 Å². The number of aromatic nitrogens is 2. The van der Waals surface area contributed by atoms with E-state index in [-0.39, 0.29) is 11.3 Å². The Morgan fingerprint density at radius 3 is 2.34 bits per heavy atom. The SMILES string of the molecule is Cc1cc(=O)c(C(=O)NCc2c(F)cc(-c3cccc(C(C)O)c3)cc2F)nn1-c1ccccc1. The number of nitrogens with one attached hydrogen (secondary N) is 1. The molecule has 3 aromatic carbocycles. The molecule has 0 aliphatic carbocycles. The maximum Gasteiger partial charge on any atom is 0.276 e. The van der Waals surface area contributed by atoms with E-state index in [9.17, 15) is 23.5 Å². The number of nitrogens with zero attached hydrogens (tertiary/aromatic N) is 2. The van der Waals surface area contributed by atoms with Crippen LogP contribution in [0.4, 0.5) is 8.78 Å². The summed E-state index contributed by atoms with van der Waals surface area (Å²) in [5.41, 5.74) is 1.33. The molecule has 4 aromatic rings. The fourth-order valence-electron chi connectivity index (χ4n) is 3.70. The number of aryl methyl sites for hydroxylation is 1. The molecule has 1 heterocycles. The lowest BCUT2D eigenvalue weighted by Gasteiger charge is -2.13. The van der Waals surface area contributed by atoms with Crippen LogP contribution in [-0.2, 0) is 6.54 Å². The molecule has 1 unspecified atom stereocenters. The minimum atomic E-state index is -0.846. The standard InChI is InChI=1S/C27H23F2N3O3/c1-16-11-25(34)26(31-32(16)21-9-4-3-5-10-21)27(35)30-15-22-23(28)13-20(14-24(22)29)19-8-6-7-18(12-19)17(2)33/h3-14,17,33H,15H2,1-2H3,(H,30,35). The van der Waals surface area contributed by atoms with Crippen molar-refractivity contribution in [3.8, 4) is 16.8 Å². The smallest absolute Gasteiger partial charge is 0.276 e. The normalized spacial score (nSPS) is 11.8.